The van der Waals surface area contributed by atoms with Crippen molar-refractivity contribution in [2.75, 3.05) is 13.1 Å². The zero-order valence-corrected chi connectivity index (χ0v) is 15.7. The van der Waals surface area contributed by atoms with Crippen LogP contribution in [0.5, 0.6) is 0 Å². The van der Waals surface area contributed by atoms with E-state index in [9.17, 15) is 4.79 Å². The Morgan fingerprint density at radius 2 is 1.91 bits per heavy atom. The molecule has 6 nitrogen and oxygen atoms in total. The van der Waals surface area contributed by atoms with Crippen LogP contribution in [0.15, 0.2) is 6.07 Å². The third-order valence-electron chi connectivity index (χ3n) is 3.78. The average molecular weight is 337 g/mol. The summed E-state index contributed by atoms with van der Waals surface area (Å²) in [5.74, 6) is -0.0547. The molecule has 0 aliphatic carbocycles. The first-order valence-corrected chi connectivity index (χ1v) is 8.46. The van der Waals surface area contributed by atoms with E-state index in [1.54, 1.807) is 9.69 Å². The molecule has 1 amide bonds. The number of amides is 1. The SMILES string of the molecule is CC(C)NC(=S)N1CCCN1C(=O)c1cc(C(C)(C)C)nn1C. The third kappa shape index (κ3) is 3.83. The fourth-order valence-electron chi connectivity index (χ4n) is 2.52. The highest BCUT2D eigenvalue weighted by Gasteiger charge is 2.32. The molecule has 0 radical (unpaired) electrons. The van der Waals surface area contributed by atoms with Gasteiger partial charge in [-0.25, -0.2) is 5.01 Å². The van der Waals surface area contributed by atoms with E-state index in [4.69, 9.17) is 12.2 Å². The number of nitrogens with one attached hydrogen (secondary N) is 1. The smallest absolute Gasteiger partial charge is 0.290 e. The summed E-state index contributed by atoms with van der Waals surface area (Å²) in [7, 11) is 1.81. The quantitative estimate of drug-likeness (QED) is 0.837. The molecule has 0 spiro atoms. The largest absolute Gasteiger partial charge is 0.359 e. The Hall–Kier alpha value is -1.63. The van der Waals surface area contributed by atoms with Crippen molar-refractivity contribution >= 4 is 23.2 Å². The zero-order valence-electron chi connectivity index (χ0n) is 14.9. The third-order valence-corrected chi connectivity index (χ3v) is 4.11. The van der Waals surface area contributed by atoms with Crippen molar-refractivity contribution in [3.8, 4) is 0 Å². The first kappa shape index (κ1) is 17.7. The molecule has 1 aromatic heterocycles. The molecular weight excluding hydrogens is 310 g/mol. The van der Waals surface area contributed by atoms with E-state index in [-0.39, 0.29) is 17.4 Å². The average Bonchev–Trinajstić information content (AvgIpc) is 3.02. The minimum Gasteiger partial charge on any atom is -0.359 e. The molecule has 0 atom stereocenters. The van der Waals surface area contributed by atoms with E-state index < -0.39 is 0 Å². The van der Waals surface area contributed by atoms with Gasteiger partial charge in [0.1, 0.15) is 5.69 Å². The van der Waals surface area contributed by atoms with Crippen LogP contribution < -0.4 is 5.32 Å². The van der Waals surface area contributed by atoms with Crippen molar-refractivity contribution in [2.24, 2.45) is 7.05 Å². The number of rotatable bonds is 2. The minimum atomic E-state index is -0.0878. The molecule has 0 unspecified atom stereocenters. The Morgan fingerprint density at radius 1 is 1.30 bits per heavy atom. The van der Waals surface area contributed by atoms with Gasteiger partial charge in [0, 0.05) is 31.6 Å². The van der Waals surface area contributed by atoms with Gasteiger partial charge >= 0.3 is 0 Å². The van der Waals surface area contributed by atoms with Crippen LogP contribution in [0.4, 0.5) is 0 Å². The Bertz CT molecular complexity index is 602. The lowest BCUT2D eigenvalue weighted by Crippen LogP contribution is -2.50. The van der Waals surface area contributed by atoms with Crippen molar-refractivity contribution in [1.29, 1.82) is 0 Å². The predicted molar refractivity (Wildman–Crippen MR) is 95.1 cm³/mol. The Morgan fingerprint density at radius 3 is 2.43 bits per heavy atom. The summed E-state index contributed by atoms with van der Waals surface area (Å²) in [4.78, 5) is 12.9. The van der Waals surface area contributed by atoms with Crippen molar-refractivity contribution in [2.45, 2.75) is 52.5 Å². The highest BCUT2D eigenvalue weighted by Crippen LogP contribution is 2.23. The zero-order chi connectivity index (χ0) is 17.4. The van der Waals surface area contributed by atoms with Crippen LogP contribution in [0.1, 0.15) is 57.2 Å². The number of carbonyl (C=O) groups is 1. The summed E-state index contributed by atoms with van der Waals surface area (Å²) >= 11 is 5.43. The second-order valence-electron chi connectivity index (χ2n) is 7.30. The Kier molecular flexibility index (Phi) is 4.98. The van der Waals surface area contributed by atoms with Crippen molar-refractivity contribution in [1.82, 2.24) is 25.1 Å². The predicted octanol–water partition coefficient (Wildman–Crippen LogP) is 2.06. The molecule has 1 aromatic rings. The van der Waals surface area contributed by atoms with Crippen LogP contribution in [0.2, 0.25) is 0 Å². The standard InChI is InChI=1S/C16H27N5OS/c1-11(2)17-15(23)21-9-7-8-20(21)14(22)12-10-13(16(3,4)5)18-19(12)6/h10-11H,7-9H2,1-6H3,(H,17,23). The molecular formula is C16H27N5OS. The Balaban J connectivity index is 2.22. The van der Waals surface area contributed by atoms with Crippen LogP contribution in [0.25, 0.3) is 0 Å². The maximum atomic E-state index is 12.9. The summed E-state index contributed by atoms with van der Waals surface area (Å²) in [5, 5.41) is 11.9. The molecule has 23 heavy (non-hydrogen) atoms. The van der Waals surface area contributed by atoms with E-state index in [1.165, 1.54) is 0 Å². The highest BCUT2D eigenvalue weighted by molar-refractivity contribution is 7.80. The number of hydrogen-bond donors (Lipinski definition) is 1. The molecule has 1 N–H and O–H groups in total. The van der Waals surface area contributed by atoms with Crippen LogP contribution in [-0.2, 0) is 12.5 Å². The summed E-state index contributed by atoms with van der Waals surface area (Å²) in [6.45, 7) is 11.8. The van der Waals surface area contributed by atoms with Gasteiger partial charge in [-0.2, -0.15) is 5.10 Å². The molecule has 1 aliphatic rings. The van der Waals surface area contributed by atoms with Crippen molar-refractivity contribution in [3.63, 3.8) is 0 Å². The number of hydrazine groups is 1. The van der Waals surface area contributed by atoms with Gasteiger partial charge < -0.3 is 5.32 Å². The molecule has 1 aliphatic heterocycles. The normalized spacial score (nSPS) is 15.4. The van der Waals surface area contributed by atoms with E-state index in [0.29, 0.717) is 17.4 Å². The van der Waals surface area contributed by atoms with Gasteiger partial charge in [-0.1, -0.05) is 20.8 Å². The highest BCUT2D eigenvalue weighted by atomic mass is 32.1. The van der Waals surface area contributed by atoms with Crippen molar-refractivity contribution < 1.29 is 4.79 Å². The number of hydrogen-bond acceptors (Lipinski definition) is 3. The van der Waals surface area contributed by atoms with Gasteiger partial charge in [-0.3, -0.25) is 14.5 Å². The van der Waals surface area contributed by atoms with E-state index in [2.05, 4.69) is 31.2 Å². The number of aromatic nitrogens is 2. The first-order valence-electron chi connectivity index (χ1n) is 8.05. The molecule has 0 bridgehead atoms. The topological polar surface area (TPSA) is 53.4 Å². The monoisotopic (exact) mass is 337 g/mol. The van der Waals surface area contributed by atoms with Crippen LogP contribution in [-0.4, -0.2) is 49.9 Å². The lowest BCUT2D eigenvalue weighted by Gasteiger charge is -2.31. The van der Waals surface area contributed by atoms with E-state index in [1.807, 2.05) is 32.0 Å². The van der Waals surface area contributed by atoms with Gasteiger partial charge in [0.05, 0.1) is 5.69 Å². The number of aryl methyl sites for hydroxylation is 1. The van der Waals surface area contributed by atoms with Crippen LogP contribution in [0, 0.1) is 0 Å². The maximum absolute atomic E-state index is 12.9. The van der Waals surface area contributed by atoms with Crippen molar-refractivity contribution in [3.05, 3.63) is 17.5 Å². The number of carbonyl (C=O) groups excluding carboxylic acids is 1. The fraction of sp³-hybridized carbons (Fsp3) is 0.688. The lowest BCUT2D eigenvalue weighted by atomic mass is 9.92. The minimum absolute atomic E-state index is 0.0547. The Labute approximate surface area is 143 Å². The second-order valence-corrected chi connectivity index (χ2v) is 7.68. The molecule has 7 heteroatoms. The summed E-state index contributed by atoms with van der Waals surface area (Å²) in [6, 6.07) is 2.13. The van der Waals surface area contributed by atoms with Gasteiger partial charge in [0.15, 0.2) is 5.11 Å². The molecule has 1 saturated heterocycles. The lowest BCUT2D eigenvalue weighted by molar-refractivity contribution is 0.0478. The van der Waals surface area contributed by atoms with Crippen LogP contribution in [0.3, 0.4) is 0 Å². The van der Waals surface area contributed by atoms with Gasteiger partial charge in [-0.05, 0) is 38.6 Å². The molecule has 128 valence electrons. The second kappa shape index (κ2) is 6.47. The molecule has 0 aromatic carbocycles. The number of thiocarbonyl (C=S) groups is 1. The van der Waals surface area contributed by atoms with Gasteiger partial charge in [0.25, 0.3) is 5.91 Å². The first-order chi connectivity index (χ1) is 10.6. The summed E-state index contributed by atoms with van der Waals surface area (Å²) in [5.41, 5.74) is 1.42. The van der Waals surface area contributed by atoms with Gasteiger partial charge in [0.2, 0.25) is 0 Å². The van der Waals surface area contributed by atoms with E-state index >= 15 is 0 Å². The molecule has 1 fully saturated rings. The molecule has 2 rings (SSSR count). The number of nitrogens with zero attached hydrogens (tertiary/aromatic N) is 4. The van der Waals surface area contributed by atoms with Crippen LogP contribution >= 0.6 is 12.2 Å². The maximum Gasteiger partial charge on any atom is 0.290 e. The summed E-state index contributed by atoms with van der Waals surface area (Å²) < 4.78 is 1.67. The van der Waals surface area contributed by atoms with Gasteiger partial charge in [-0.15, -0.1) is 0 Å². The molecule has 2 heterocycles. The summed E-state index contributed by atoms with van der Waals surface area (Å²) in [6.07, 6.45) is 0.912. The molecule has 0 saturated carbocycles. The fourth-order valence-corrected chi connectivity index (χ4v) is 2.95. The van der Waals surface area contributed by atoms with E-state index in [0.717, 1.165) is 18.7 Å².